The maximum Gasteiger partial charge on any atom is 0.317 e. The van der Waals surface area contributed by atoms with E-state index in [1.165, 1.54) is 4.90 Å². The van der Waals surface area contributed by atoms with Gasteiger partial charge in [-0.1, -0.05) is 0 Å². The van der Waals surface area contributed by atoms with Gasteiger partial charge < -0.3 is 15.1 Å². The molecule has 0 bridgehead atoms. The molecule has 0 aliphatic heterocycles. The first-order valence-electron chi connectivity index (χ1n) is 5.33. The third-order valence-corrected chi connectivity index (χ3v) is 2.16. The summed E-state index contributed by atoms with van der Waals surface area (Å²) in [6.45, 7) is 7.76. The predicted octanol–water partition coefficient (Wildman–Crippen LogP) is 0.516. The highest BCUT2D eigenvalue weighted by molar-refractivity contribution is 5.83. The van der Waals surface area contributed by atoms with E-state index in [0.29, 0.717) is 19.6 Å². The molecule has 0 heterocycles. The van der Waals surface area contributed by atoms with Crippen molar-refractivity contribution in [2.75, 3.05) is 33.2 Å². The van der Waals surface area contributed by atoms with Gasteiger partial charge in [0.1, 0.15) is 6.54 Å². The maximum absolute atomic E-state index is 11.6. The molecule has 0 aromatic carbocycles. The number of carbonyl (C=O) groups excluding carboxylic acids is 2. The van der Waals surface area contributed by atoms with Gasteiger partial charge in [0.2, 0.25) is 5.91 Å². The van der Waals surface area contributed by atoms with Gasteiger partial charge >= 0.3 is 6.03 Å². The number of nitrogens with one attached hydrogen (secondary N) is 1. The van der Waals surface area contributed by atoms with Crippen LogP contribution >= 0.6 is 0 Å². The average Bonchev–Trinajstić information content (AvgIpc) is 2.19. The van der Waals surface area contributed by atoms with Crippen molar-refractivity contribution in [2.45, 2.75) is 20.8 Å². The monoisotopic (exact) mass is 215 g/mol. The van der Waals surface area contributed by atoms with Crippen LogP contribution < -0.4 is 5.32 Å². The normalized spacial score (nSPS) is 9.60. The zero-order valence-electron chi connectivity index (χ0n) is 10.0. The number of carbonyl (C=O) groups is 2. The number of rotatable bonds is 5. The van der Waals surface area contributed by atoms with E-state index in [4.69, 9.17) is 0 Å². The Bertz CT molecular complexity index is 215. The number of amides is 3. The SMILES string of the molecule is CCNC(=O)N(C)CC(=O)N(CC)CC. The molecule has 5 heteroatoms. The van der Waals surface area contributed by atoms with E-state index in [1.807, 2.05) is 20.8 Å². The van der Waals surface area contributed by atoms with Crippen LogP contribution in [0.2, 0.25) is 0 Å². The third kappa shape index (κ3) is 4.67. The molecule has 0 spiro atoms. The van der Waals surface area contributed by atoms with Gasteiger partial charge in [-0.3, -0.25) is 4.79 Å². The molecule has 0 saturated carbocycles. The molecule has 0 aromatic heterocycles. The van der Waals surface area contributed by atoms with Gasteiger partial charge in [-0.25, -0.2) is 4.79 Å². The maximum atomic E-state index is 11.6. The van der Waals surface area contributed by atoms with Crippen LogP contribution in [-0.4, -0.2) is 55.0 Å². The lowest BCUT2D eigenvalue weighted by atomic mass is 10.4. The number of hydrogen-bond acceptors (Lipinski definition) is 2. The van der Waals surface area contributed by atoms with Crippen molar-refractivity contribution in [1.82, 2.24) is 15.1 Å². The van der Waals surface area contributed by atoms with Crippen molar-refractivity contribution in [3.8, 4) is 0 Å². The lowest BCUT2D eigenvalue weighted by Crippen LogP contribution is -2.44. The second kappa shape index (κ2) is 7.09. The summed E-state index contributed by atoms with van der Waals surface area (Å²) < 4.78 is 0. The minimum atomic E-state index is -0.210. The first kappa shape index (κ1) is 13.7. The van der Waals surface area contributed by atoms with Gasteiger partial charge in [-0.05, 0) is 20.8 Å². The molecule has 5 nitrogen and oxygen atoms in total. The van der Waals surface area contributed by atoms with Crippen LogP contribution in [0.4, 0.5) is 4.79 Å². The van der Waals surface area contributed by atoms with E-state index in [-0.39, 0.29) is 18.5 Å². The summed E-state index contributed by atoms with van der Waals surface area (Å²) in [5, 5.41) is 2.64. The van der Waals surface area contributed by atoms with E-state index < -0.39 is 0 Å². The van der Waals surface area contributed by atoms with Crippen molar-refractivity contribution < 1.29 is 9.59 Å². The minimum Gasteiger partial charge on any atom is -0.342 e. The Morgan fingerprint density at radius 2 is 1.67 bits per heavy atom. The second-order valence-corrected chi connectivity index (χ2v) is 3.26. The Morgan fingerprint density at radius 3 is 2.07 bits per heavy atom. The summed E-state index contributed by atoms with van der Waals surface area (Å²) in [6.07, 6.45) is 0. The van der Waals surface area contributed by atoms with Crippen LogP contribution in [0, 0.1) is 0 Å². The van der Waals surface area contributed by atoms with E-state index >= 15 is 0 Å². The van der Waals surface area contributed by atoms with Crippen molar-refractivity contribution in [3.05, 3.63) is 0 Å². The Hall–Kier alpha value is -1.26. The highest BCUT2D eigenvalue weighted by atomic mass is 16.2. The van der Waals surface area contributed by atoms with Crippen LogP contribution in [0.3, 0.4) is 0 Å². The molecule has 1 N–H and O–H groups in total. The molecule has 0 aromatic rings. The molecule has 88 valence electrons. The van der Waals surface area contributed by atoms with Gasteiger partial charge in [0, 0.05) is 26.7 Å². The fourth-order valence-corrected chi connectivity index (χ4v) is 1.24. The van der Waals surface area contributed by atoms with Gasteiger partial charge in [0.05, 0.1) is 0 Å². The fourth-order valence-electron chi connectivity index (χ4n) is 1.24. The first-order valence-corrected chi connectivity index (χ1v) is 5.33. The van der Waals surface area contributed by atoms with Crippen LogP contribution in [0.5, 0.6) is 0 Å². The summed E-state index contributed by atoms with van der Waals surface area (Å²) in [6, 6.07) is -0.210. The topological polar surface area (TPSA) is 52.7 Å². The number of likely N-dealkylation sites (N-methyl/N-ethyl adjacent to an activating group) is 2. The van der Waals surface area contributed by atoms with Gasteiger partial charge in [0.15, 0.2) is 0 Å². The zero-order chi connectivity index (χ0) is 11.8. The molecule has 0 aliphatic rings. The summed E-state index contributed by atoms with van der Waals surface area (Å²) in [4.78, 5) is 26.0. The highest BCUT2D eigenvalue weighted by Crippen LogP contribution is 1.92. The van der Waals surface area contributed by atoms with E-state index in [0.717, 1.165) is 0 Å². The molecular formula is C10H21N3O2. The van der Waals surface area contributed by atoms with E-state index in [1.54, 1.807) is 11.9 Å². The average molecular weight is 215 g/mol. The Labute approximate surface area is 91.4 Å². The minimum absolute atomic E-state index is 0.0197. The first-order chi connectivity index (χ1) is 7.06. The lowest BCUT2D eigenvalue weighted by molar-refractivity contribution is -0.131. The zero-order valence-corrected chi connectivity index (χ0v) is 10.0. The molecule has 0 rings (SSSR count). The van der Waals surface area contributed by atoms with Crippen molar-refractivity contribution in [3.63, 3.8) is 0 Å². The molecule has 3 amide bonds. The summed E-state index contributed by atoms with van der Waals surface area (Å²) in [7, 11) is 1.62. The highest BCUT2D eigenvalue weighted by Gasteiger charge is 2.15. The second-order valence-electron chi connectivity index (χ2n) is 3.26. The van der Waals surface area contributed by atoms with E-state index in [2.05, 4.69) is 5.32 Å². The Kier molecular flexibility index (Phi) is 6.49. The van der Waals surface area contributed by atoms with Crippen LogP contribution in [0.25, 0.3) is 0 Å². The third-order valence-electron chi connectivity index (χ3n) is 2.16. The number of urea groups is 1. The summed E-state index contributed by atoms with van der Waals surface area (Å²) in [5.74, 6) is -0.0197. The van der Waals surface area contributed by atoms with E-state index in [9.17, 15) is 9.59 Å². The van der Waals surface area contributed by atoms with Crippen LogP contribution in [0.15, 0.2) is 0 Å². The van der Waals surface area contributed by atoms with Crippen LogP contribution in [-0.2, 0) is 4.79 Å². The fraction of sp³-hybridized carbons (Fsp3) is 0.800. The van der Waals surface area contributed by atoms with Crippen LogP contribution in [0.1, 0.15) is 20.8 Å². The Morgan fingerprint density at radius 1 is 1.13 bits per heavy atom. The molecule has 0 aliphatic carbocycles. The summed E-state index contributed by atoms with van der Waals surface area (Å²) in [5.41, 5.74) is 0. The molecule has 0 radical (unpaired) electrons. The van der Waals surface area contributed by atoms with Gasteiger partial charge in [-0.15, -0.1) is 0 Å². The molecule has 0 fully saturated rings. The standard InChI is InChI=1S/C10H21N3O2/c1-5-11-10(15)12(4)8-9(14)13(6-2)7-3/h5-8H2,1-4H3,(H,11,15). The predicted molar refractivity (Wildman–Crippen MR) is 59.6 cm³/mol. The summed E-state index contributed by atoms with van der Waals surface area (Å²) >= 11 is 0. The molecule has 0 atom stereocenters. The van der Waals surface area contributed by atoms with Gasteiger partial charge in [-0.2, -0.15) is 0 Å². The molecule has 15 heavy (non-hydrogen) atoms. The molecule has 0 unspecified atom stereocenters. The Balaban J connectivity index is 4.10. The van der Waals surface area contributed by atoms with Crippen molar-refractivity contribution >= 4 is 11.9 Å². The lowest BCUT2D eigenvalue weighted by Gasteiger charge is -2.23. The largest absolute Gasteiger partial charge is 0.342 e. The van der Waals surface area contributed by atoms with Crippen molar-refractivity contribution in [1.29, 1.82) is 0 Å². The number of nitrogens with zero attached hydrogens (tertiary/aromatic N) is 2. The smallest absolute Gasteiger partial charge is 0.317 e. The van der Waals surface area contributed by atoms with Gasteiger partial charge in [0.25, 0.3) is 0 Å². The van der Waals surface area contributed by atoms with Crippen molar-refractivity contribution in [2.24, 2.45) is 0 Å². The quantitative estimate of drug-likeness (QED) is 0.726. The molecule has 0 saturated heterocycles. The molecular weight excluding hydrogens is 194 g/mol. The number of hydrogen-bond donors (Lipinski definition) is 1.